The van der Waals surface area contributed by atoms with E-state index in [1.165, 1.54) is 5.56 Å². The second kappa shape index (κ2) is 5.52. The Labute approximate surface area is 133 Å². The molecule has 3 aromatic rings. The van der Waals surface area contributed by atoms with Gasteiger partial charge in [-0.05, 0) is 23.6 Å². The minimum atomic E-state index is -0.300. The van der Waals surface area contributed by atoms with Crippen molar-refractivity contribution in [2.24, 2.45) is 0 Å². The second-order valence-electron chi connectivity index (χ2n) is 5.79. The number of H-pyrrole nitrogens is 1. The van der Waals surface area contributed by atoms with E-state index in [0.29, 0.717) is 12.1 Å². The molecule has 1 aliphatic heterocycles. The predicted octanol–water partition coefficient (Wildman–Crippen LogP) is 2.29. The Balaban J connectivity index is 1.75. The van der Waals surface area contributed by atoms with Crippen molar-refractivity contribution >= 4 is 16.8 Å². The number of fused-ring (bicyclic) bond motifs is 2. The molecule has 5 heteroatoms. The molecule has 2 N–H and O–H groups in total. The van der Waals surface area contributed by atoms with Crippen molar-refractivity contribution in [3.8, 4) is 0 Å². The number of rotatable bonds is 2. The minimum absolute atomic E-state index is 0.0756. The summed E-state index contributed by atoms with van der Waals surface area (Å²) < 4.78 is 0. The molecule has 116 valence electrons. The summed E-state index contributed by atoms with van der Waals surface area (Å²) in [5.74, 6) is -0.0756. The van der Waals surface area contributed by atoms with Crippen LogP contribution in [0.2, 0.25) is 0 Å². The van der Waals surface area contributed by atoms with Gasteiger partial charge in [0.25, 0.3) is 5.91 Å². The van der Waals surface area contributed by atoms with Crippen LogP contribution in [0.4, 0.5) is 0 Å². The van der Waals surface area contributed by atoms with Gasteiger partial charge in [0.1, 0.15) is 0 Å². The van der Waals surface area contributed by atoms with E-state index in [1.54, 1.807) is 17.2 Å². The fraction of sp³-hybridized carbons (Fsp3) is 0.222. The number of amides is 1. The van der Waals surface area contributed by atoms with Gasteiger partial charge in [-0.2, -0.15) is 5.10 Å². The van der Waals surface area contributed by atoms with Crippen LogP contribution in [0.5, 0.6) is 0 Å². The van der Waals surface area contributed by atoms with E-state index in [4.69, 9.17) is 0 Å². The van der Waals surface area contributed by atoms with E-state index in [-0.39, 0.29) is 18.6 Å². The SMILES string of the molecule is O=C(c1cccc2cn[nH]c12)N1CCc2ccccc2[C@H]1CO. The maximum atomic E-state index is 13.1. The summed E-state index contributed by atoms with van der Waals surface area (Å²) in [4.78, 5) is 14.8. The largest absolute Gasteiger partial charge is 0.394 e. The maximum Gasteiger partial charge on any atom is 0.256 e. The van der Waals surface area contributed by atoms with Gasteiger partial charge in [-0.3, -0.25) is 9.89 Å². The Bertz CT molecular complexity index is 871. The number of carbonyl (C=O) groups excluding carboxylic acids is 1. The molecular weight excluding hydrogens is 290 g/mol. The van der Waals surface area contributed by atoms with Crippen LogP contribution in [0.15, 0.2) is 48.7 Å². The molecule has 5 nitrogen and oxygen atoms in total. The van der Waals surface area contributed by atoms with Crippen LogP contribution < -0.4 is 0 Å². The number of para-hydroxylation sites is 1. The van der Waals surface area contributed by atoms with Gasteiger partial charge in [-0.1, -0.05) is 36.4 Å². The topological polar surface area (TPSA) is 69.2 Å². The van der Waals surface area contributed by atoms with Crippen molar-refractivity contribution in [3.63, 3.8) is 0 Å². The Hall–Kier alpha value is -2.66. The number of benzene rings is 2. The molecule has 0 bridgehead atoms. The fourth-order valence-corrected chi connectivity index (χ4v) is 3.39. The highest BCUT2D eigenvalue weighted by atomic mass is 16.3. The second-order valence-corrected chi connectivity index (χ2v) is 5.79. The number of aromatic nitrogens is 2. The van der Waals surface area contributed by atoms with Crippen molar-refractivity contribution in [1.29, 1.82) is 0 Å². The highest BCUT2D eigenvalue weighted by Crippen LogP contribution is 2.31. The highest BCUT2D eigenvalue weighted by Gasteiger charge is 2.31. The van der Waals surface area contributed by atoms with Crippen molar-refractivity contribution < 1.29 is 9.90 Å². The quantitative estimate of drug-likeness (QED) is 0.763. The van der Waals surface area contributed by atoms with Gasteiger partial charge in [-0.25, -0.2) is 0 Å². The Morgan fingerprint density at radius 3 is 3.00 bits per heavy atom. The molecule has 0 radical (unpaired) electrons. The van der Waals surface area contributed by atoms with E-state index in [0.717, 1.165) is 22.9 Å². The van der Waals surface area contributed by atoms with Gasteiger partial charge in [-0.15, -0.1) is 0 Å². The number of hydrogen-bond donors (Lipinski definition) is 2. The molecule has 0 aliphatic carbocycles. The first-order valence-corrected chi connectivity index (χ1v) is 7.71. The molecule has 4 rings (SSSR count). The molecule has 0 fully saturated rings. The number of aromatic amines is 1. The van der Waals surface area contributed by atoms with E-state index in [2.05, 4.69) is 16.3 Å². The Morgan fingerprint density at radius 1 is 1.26 bits per heavy atom. The third-order valence-corrected chi connectivity index (χ3v) is 4.55. The zero-order valence-corrected chi connectivity index (χ0v) is 12.6. The van der Waals surface area contributed by atoms with Crippen LogP contribution in [0.1, 0.15) is 27.5 Å². The van der Waals surface area contributed by atoms with E-state index in [9.17, 15) is 9.90 Å². The molecule has 0 saturated carbocycles. The fourth-order valence-electron chi connectivity index (χ4n) is 3.39. The van der Waals surface area contributed by atoms with Crippen molar-refractivity contribution in [2.45, 2.75) is 12.5 Å². The molecule has 0 unspecified atom stereocenters. The zero-order valence-electron chi connectivity index (χ0n) is 12.6. The normalized spacial score (nSPS) is 17.3. The number of nitrogens with one attached hydrogen (secondary N) is 1. The monoisotopic (exact) mass is 307 g/mol. The first-order valence-electron chi connectivity index (χ1n) is 7.71. The predicted molar refractivity (Wildman–Crippen MR) is 87.1 cm³/mol. The molecule has 1 aliphatic rings. The maximum absolute atomic E-state index is 13.1. The highest BCUT2D eigenvalue weighted by molar-refractivity contribution is 6.05. The van der Waals surface area contributed by atoms with E-state index < -0.39 is 0 Å². The van der Waals surface area contributed by atoms with Crippen LogP contribution in [0.3, 0.4) is 0 Å². The summed E-state index contributed by atoms with van der Waals surface area (Å²) in [6, 6.07) is 13.3. The summed E-state index contributed by atoms with van der Waals surface area (Å²) in [6.07, 6.45) is 2.51. The molecule has 0 spiro atoms. The van der Waals surface area contributed by atoms with Crippen LogP contribution in [0.25, 0.3) is 10.9 Å². The Morgan fingerprint density at radius 2 is 2.13 bits per heavy atom. The lowest BCUT2D eigenvalue weighted by atomic mass is 9.92. The number of aliphatic hydroxyl groups excluding tert-OH is 1. The smallest absolute Gasteiger partial charge is 0.256 e. The van der Waals surface area contributed by atoms with Crippen LogP contribution in [-0.2, 0) is 6.42 Å². The molecular formula is C18H17N3O2. The van der Waals surface area contributed by atoms with Gasteiger partial charge in [0.05, 0.1) is 29.9 Å². The minimum Gasteiger partial charge on any atom is -0.394 e. The van der Waals surface area contributed by atoms with Gasteiger partial charge in [0.2, 0.25) is 0 Å². The summed E-state index contributed by atoms with van der Waals surface area (Å²) >= 11 is 0. The van der Waals surface area contributed by atoms with Crippen LogP contribution in [0, 0.1) is 0 Å². The average Bonchev–Trinajstić information content (AvgIpc) is 3.08. The van der Waals surface area contributed by atoms with Crippen molar-refractivity contribution in [1.82, 2.24) is 15.1 Å². The summed E-state index contributed by atoms with van der Waals surface area (Å²) in [5.41, 5.74) is 3.58. The molecule has 2 aromatic carbocycles. The third-order valence-electron chi connectivity index (χ3n) is 4.55. The van der Waals surface area contributed by atoms with E-state index >= 15 is 0 Å². The molecule has 1 atom stereocenters. The van der Waals surface area contributed by atoms with Gasteiger partial charge in [0, 0.05) is 11.9 Å². The van der Waals surface area contributed by atoms with Crippen molar-refractivity contribution in [2.75, 3.05) is 13.2 Å². The molecule has 1 amide bonds. The number of aliphatic hydroxyl groups is 1. The number of carbonyl (C=O) groups is 1. The summed E-state index contributed by atoms with van der Waals surface area (Å²) in [7, 11) is 0. The zero-order chi connectivity index (χ0) is 15.8. The first-order chi connectivity index (χ1) is 11.3. The summed E-state index contributed by atoms with van der Waals surface area (Å²) in [6.45, 7) is 0.521. The van der Waals surface area contributed by atoms with Gasteiger partial charge >= 0.3 is 0 Å². The molecule has 2 heterocycles. The Kier molecular flexibility index (Phi) is 3.35. The van der Waals surface area contributed by atoms with Crippen LogP contribution >= 0.6 is 0 Å². The lowest BCUT2D eigenvalue weighted by Crippen LogP contribution is -2.41. The number of nitrogens with zero attached hydrogens (tertiary/aromatic N) is 2. The van der Waals surface area contributed by atoms with Gasteiger partial charge in [0.15, 0.2) is 0 Å². The molecule has 23 heavy (non-hydrogen) atoms. The third kappa shape index (κ3) is 2.21. The number of hydrogen-bond acceptors (Lipinski definition) is 3. The van der Waals surface area contributed by atoms with Crippen LogP contribution in [-0.4, -0.2) is 39.3 Å². The lowest BCUT2D eigenvalue weighted by Gasteiger charge is -2.36. The summed E-state index contributed by atoms with van der Waals surface area (Å²) in [5, 5.41) is 17.7. The lowest BCUT2D eigenvalue weighted by molar-refractivity contribution is 0.0570. The molecule has 1 aromatic heterocycles. The molecule has 0 saturated heterocycles. The van der Waals surface area contributed by atoms with Gasteiger partial charge < -0.3 is 10.0 Å². The average molecular weight is 307 g/mol. The standard InChI is InChI=1S/C18H17N3O2/c22-11-16-14-6-2-1-4-12(14)8-9-21(16)18(23)15-7-3-5-13-10-19-20-17(13)15/h1-7,10,16,22H,8-9,11H2,(H,19,20)/t16-/m1/s1. The van der Waals surface area contributed by atoms with E-state index in [1.807, 2.05) is 30.3 Å². The van der Waals surface area contributed by atoms with Crippen molar-refractivity contribution in [3.05, 3.63) is 65.4 Å². The first kappa shape index (κ1) is 14.0.